The zero-order chi connectivity index (χ0) is 13.2. The molecule has 0 aromatic rings. The molecule has 0 aromatic carbocycles. The Labute approximate surface area is 113 Å². The Balaban J connectivity index is 2.03. The molecular formula is C14H31N3O. The standard InChI is InChI=1S/C14H31N3O/c1-4-18-12-5-7-15-8-11-17-10-6-9-16(3)13-14(17)2/h14-15H,4-13H2,1-3H3. The Kier molecular flexibility index (Phi) is 8.59. The van der Waals surface area contributed by atoms with Crippen LogP contribution in [0, 0.1) is 0 Å². The Morgan fingerprint density at radius 1 is 1.28 bits per heavy atom. The molecule has 0 radical (unpaired) electrons. The van der Waals surface area contributed by atoms with Crippen LogP contribution in [0.5, 0.6) is 0 Å². The van der Waals surface area contributed by atoms with Crippen LogP contribution in [-0.2, 0) is 4.74 Å². The molecule has 1 heterocycles. The van der Waals surface area contributed by atoms with E-state index in [9.17, 15) is 0 Å². The minimum atomic E-state index is 0.683. The van der Waals surface area contributed by atoms with Crippen LogP contribution in [0.4, 0.5) is 0 Å². The summed E-state index contributed by atoms with van der Waals surface area (Å²) in [5.74, 6) is 0. The van der Waals surface area contributed by atoms with Gasteiger partial charge in [-0.3, -0.25) is 4.90 Å². The third-order valence-corrected chi connectivity index (χ3v) is 3.61. The maximum absolute atomic E-state index is 5.32. The molecular weight excluding hydrogens is 226 g/mol. The first-order valence-electron chi connectivity index (χ1n) is 7.45. The van der Waals surface area contributed by atoms with Crippen molar-refractivity contribution in [3.05, 3.63) is 0 Å². The Hall–Kier alpha value is -0.160. The molecule has 1 aliphatic rings. The van der Waals surface area contributed by atoms with Gasteiger partial charge in [-0.15, -0.1) is 0 Å². The molecule has 1 aliphatic heterocycles. The summed E-state index contributed by atoms with van der Waals surface area (Å²) in [6.07, 6.45) is 2.41. The topological polar surface area (TPSA) is 27.7 Å². The molecule has 1 fully saturated rings. The van der Waals surface area contributed by atoms with Crippen LogP contribution in [0.15, 0.2) is 0 Å². The lowest BCUT2D eigenvalue weighted by atomic mass is 10.2. The second kappa shape index (κ2) is 9.73. The first kappa shape index (κ1) is 15.9. The van der Waals surface area contributed by atoms with Crippen molar-refractivity contribution in [3.8, 4) is 0 Å². The molecule has 1 unspecified atom stereocenters. The number of nitrogens with one attached hydrogen (secondary N) is 1. The average Bonchev–Trinajstić information content (AvgIpc) is 2.50. The lowest BCUT2D eigenvalue weighted by molar-refractivity contribution is 0.144. The van der Waals surface area contributed by atoms with Gasteiger partial charge in [-0.05, 0) is 53.4 Å². The maximum atomic E-state index is 5.32. The lowest BCUT2D eigenvalue weighted by Gasteiger charge is -2.27. The van der Waals surface area contributed by atoms with E-state index >= 15 is 0 Å². The molecule has 0 amide bonds. The van der Waals surface area contributed by atoms with Crippen LogP contribution in [0.3, 0.4) is 0 Å². The van der Waals surface area contributed by atoms with Crippen LogP contribution in [0.1, 0.15) is 26.7 Å². The first-order chi connectivity index (χ1) is 8.74. The predicted molar refractivity (Wildman–Crippen MR) is 77.1 cm³/mol. The summed E-state index contributed by atoms with van der Waals surface area (Å²) in [5, 5.41) is 3.51. The third-order valence-electron chi connectivity index (χ3n) is 3.61. The Morgan fingerprint density at radius 3 is 2.89 bits per heavy atom. The largest absolute Gasteiger partial charge is 0.382 e. The van der Waals surface area contributed by atoms with Crippen LogP contribution >= 0.6 is 0 Å². The predicted octanol–water partition coefficient (Wildman–Crippen LogP) is 1.03. The molecule has 108 valence electrons. The fraction of sp³-hybridized carbons (Fsp3) is 1.00. The number of rotatable bonds is 8. The smallest absolute Gasteiger partial charge is 0.0477 e. The van der Waals surface area contributed by atoms with Gasteiger partial charge in [-0.25, -0.2) is 0 Å². The Bertz CT molecular complexity index is 201. The number of hydrogen-bond donors (Lipinski definition) is 1. The van der Waals surface area contributed by atoms with Gasteiger partial charge in [-0.1, -0.05) is 0 Å². The molecule has 0 aliphatic carbocycles. The quantitative estimate of drug-likeness (QED) is 0.657. The highest BCUT2D eigenvalue weighted by molar-refractivity contribution is 4.75. The van der Waals surface area contributed by atoms with E-state index < -0.39 is 0 Å². The summed E-state index contributed by atoms with van der Waals surface area (Å²) in [7, 11) is 2.23. The van der Waals surface area contributed by atoms with Gasteiger partial charge in [-0.2, -0.15) is 0 Å². The van der Waals surface area contributed by atoms with Crippen LogP contribution in [-0.4, -0.2) is 75.4 Å². The summed E-state index contributed by atoms with van der Waals surface area (Å²) in [6, 6.07) is 0.683. The molecule has 1 atom stereocenters. The highest BCUT2D eigenvalue weighted by Gasteiger charge is 2.18. The molecule has 1 saturated heterocycles. The van der Waals surface area contributed by atoms with E-state index in [1.54, 1.807) is 0 Å². The number of ether oxygens (including phenoxy) is 1. The van der Waals surface area contributed by atoms with Crippen molar-refractivity contribution in [2.75, 3.05) is 59.5 Å². The minimum Gasteiger partial charge on any atom is -0.382 e. The van der Waals surface area contributed by atoms with Crippen LogP contribution in [0.2, 0.25) is 0 Å². The van der Waals surface area contributed by atoms with E-state index in [0.717, 1.165) is 32.7 Å². The molecule has 18 heavy (non-hydrogen) atoms. The fourth-order valence-corrected chi connectivity index (χ4v) is 2.55. The number of nitrogens with zero attached hydrogens (tertiary/aromatic N) is 2. The zero-order valence-corrected chi connectivity index (χ0v) is 12.5. The molecule has 1 N–H and O–H groups in total. The molecule has 0 saturated carbocycles. The van der Waals surface area contributed by atoms with E-state index in [1.165, 1.54) is 32.6 Å². The summed E-state index contributed by atoms with van der Waals surface area (Å²) >= 11 is 0. The maximum Gasteiger partial charge on any atom is 0.0477 e. The summed E-state index contributed by atoms with van der Waals surface area (Å²) in [5.41, 5.74) is 0. The van der Waals surface area contributed by atoms with Gasteiger partial charge in [0.05, 0.1) is 0 Å². The van der Waals surface area contributed by atoms with Crippen molar-refractivity contribution in [2.45, 2.75) is 32.7 Å². The average molecular weight is 257 g/mol. The van der Waals surface area contributed by atoms with Crippen molar-refractivity contribution >= 4 is 0 Å². The summed E-state index contributed by atoms with van der Waals surface area (Å²) in [4.78, 5) is 5.05. The van der Waals surface area contributed by atoms with Gasteiger partial charge >= 0.3 is 0 Å². The van der Waals surface area contributed by atoms with Gasteiger partial charge in [0.1, 0.15) is 0 Å². The molecule has 0 aromatic heterocycles. The SMILES string of the molecule is CCOCCCNCCN1CCCN(C)CC1C. The van der Waals surface area contributed by atoms with Crippen molar-refractivity contribution in [2.24, 2.45) is 0 Å². The third kappa shape index (κ3) is 6.69. The minimum absolute atomic E-state index is 0.683. The number of hydrogen-bond acceptors (Lipinski definition) is 4. The monoisotopic (exact) mass is 257 g/mol. The van der Waals surface area contributed by atoms with Gasteiger partial charge in [0.15, 0.2) is 0 Å². The highest BCUT2D eigenvalue weighted by atomic mass is 16.5. The van der Waals surface area contributed by atoms with Crippen molar-refractivity contribution < 1.29 is 4.74 Å². The summed E-state index contributed by atoms with van der Waals surface area (Å²) in [6.45, 7) is 13.1. The molecule has 1 rings (SSSR count). The van der Waals surface area contributed by atoms with Gasteiger partial charge < -0.3 is 15.0 Å². The first-order valence-corrected chi connectivity index (χ1v) is 7.45. The van der Waals surface area contributed by atoms with Gasteiger partial charge in [0.2, 0.25) is 0 Å². The summed E-state index contributed by atoms with van der Waals surface area (Å²) < 4.78 is 5.32. The molecule has 0 spiro atoms. The molecule has 4 nitrogen and oxygen atoms in total. The van der Waals surface area contributed by atoms with Crippen molar-refractivity contribution in [1.82, 2.24) is 15.1 Å². The van der Waals surface area contributed by atoms with Crippen LogP contribution < -0.4 is 5.32 Å². The second-order valence-electron chi connectivity index (χ2n) is 5.30. The molecule has 0 bridgehead atoms. The Morgan fingerprint density at radius 2 is 2.11 bits per heavy atom. The van der Waals surface area contributed by atoms with E-state index in [0.29, 0.717) is 6.04 Å². The van der Waals surface area contributed by atoms with E-state index in [-0.39, 0.29) is 0 Å². The van der Waals surface area contributed by atoms with E-state index in [1.807, 2.05) is 6.92 Å². The van der Waals surface area contributed by atoms with E-state index in [4.69, 9.17) is 4.74 Å². The van der Waals surface area contributed by atoms with E-state index in [2.05, 4.69) is 29.1 Å². The highest BCUT2D eigenvalue weighted by Crippen LogP contribution is 2.07. The van der Waals surface area contributed by atoms with Crippen LogP contribution in [0.25, 0.3) is 0 Å². The fourth-order valence-electron chi connectivity index (χ4n) is 2.55. The van der Waals surface area contributed by atoms with Crippen molar-refractivity contribution in [1.29, 1.82) is 0 Å². The van der Waals surface area contributed by atoms with Gasteiger partial charge in [0, 0.05) is 38.9 Å². The van der Waals surface area contributed by atoms with Gasteiger partial charge in [0.25, 0.3) is 0 Å². The normalized spacial score (nSPS) is 23.2. The number of likely N-dealkylation sites (N-methyl/N-ethyl adjacent to an activating group) is 1. The molecule has 4 heteroatoms. The lowest BCUT2D eigenvalue weighted by Crippen LogP contribution is -2.41. The second-order valence-corrected chi connectivity index (χ2v) is 5.30. The zero-order valence-electron chi connectivity index (χ0n) is 12.5. The van der Waals surface area contributed by atoms with Crippen molar-refractivity contribution in [3.63, 3.8) is 0 Å².